The summed E-state index contributed by atoms with van der Waals surface area (Å²) in [6, 6.07) is 4.76. The molecule has 7 heteroatoms. The molecule has 22 heavy (non-hydrogen) atoms. The van der Waals surface area contributed by atoms with Crippen LogP contribution in [0, 0.1) is 0 Å². The zero-order valence-corrected chi connectivity index (χ0v) is 14.5. The van der Waals surface area contributed by atoms with E-state index in [0.717, 1.165) is 6.42 Å². The van der Waals surface area contributed by atoms with Crippen LogP contribution >= 0.6 is 16.1 Å². The van der Waals surface area contributed by atoms with Crippen LogP contribution in [0.3, 0.4) is 0 Å². The molecule has 2 heterocycles. The molecule has 2 amide bonds. The molecule has 0 aliphatic carbocycles. The van der Waals surface area contributed by atoms with Crippen LogP contribution in [0.4, 0.5) is 10.6 Å². The number of amides is 2. The minimum Gasteiger partial charge on any atom is -0.444 e. The van der Waals surface area contributed by atoms with E-state index in [9.17, 15) is 9.59 Å². The third-order valence-electron chi connectivity index (χ3n) is 3.21. The van der Waals surface area contributed by atoms with Gasteiger partial charge in [-0.3, -0.25) is 9.69 Å². The lowest BCUT2D eigenvalue weighted by molar-refractivity contribution is -0.121. The van der Waals surface area contributed by atoms with Gasteiger partial charge >= 0.3 is 6.09 Å². The fraction of sp³-hybridized carbons (Fsp3) is 0.533. The third-order valence-corrected chi connectivity index (χ3v) is 3.92. The monoisotopic (exact) mass is 369 g/mol. The predicted molar refractivity (Wildman–Crippen MR) is 86.6 cm³/mol. The molecule has 1 fully saturated rings. The number of hydrogen-bond donors (Lipinski definition) is 0. The molecule has 1 unspecified atom stereocenters. The molecule has 120 valence electrons. The van der Waals surface area contributed by atoms with Gasteiger partial charge in [0.05, 0.1) is 16.1 Å². The molecule has 1 aromatic rings. The summed E-state index contributed by atoms with van der Waals surface area (Å²) in [5.41, 5.74) is -0.581. The number of rotatable bonds is 2. The predicted octanol–water partition coefficient (Wildman–Crippen LogP) is 3.12. The van der Waals surface area contributed by atoms with Crippen molar-refractivity contribution in [2.24, 2.45) is 0 Å². The number of nitrogens with zero attached hydrogens (tertiary/aromatic N) is 3. The normalized spacial score (nSPS) is 18.2. The molecule has 0 saturated carbocycles. The quantitative estimate of drug-likeness (QED) is 0.751. The van der Waals surface area contributed by atoms with Crippen molar-refractivity contribution in [1.29, 1.82) is 0 Å². The largest absolute Gasteiger partial charge is 0.444 e. The van der Waals surface area contributed by atoms with Crippen LogP contribution in [-0.4, -0.2) is 40.1 Å². The van der Waals surface area contributed by atoms with Crippen molar-refractivity contribution < 1.29 is 14.3 Å². The zero-order chi connectivity index (χ0) is 16.3. The minimum atomic E-state index is -0.581. The minimum absolute atomic E-state index is 0.220. The lowest BCUT2D eigenvalue weighted by Crippen LogP contribution is -2.47. The summed E-state index contributed by atoms with van der Waals surface area (Å²) in [4.78, 5) is 30.5. The number of aromatic nitrogens is 1. The number of carbonyl (C=O) groups is 2. The molecule has 6 nitrogen and oxygen atoms in total. The molecule has 0 bridgehead atoms. The van der Waals surface area contributed by atoms with Crippen molar-refractivity contribution in [2.75, 3.05) is 10.5 Å². The number of ether oxygens (including phenoxy) is 1. The Morgan fingerprint density at radius 3 is 2.73 bits per heavy atom. The zero-order valence-electron chi connectivity index (χ0n) is 13.0. The highest BCUT2D eigenvalue weighted by molar-refractivity contribution is 9.10. The topological polar surface area (TPSA) is 62.7 Å². The Kier molecular flexibility index (Phi) is 5.05. The molecule has 1 atom stereocenters. The summed E-state index contributed by atoms with van der Waals surface area (Å²) < 4.78 is 6.68. The van der Waals surface area contributed by atoms with Crippen molar-refractivity contribution in [3.63, 3.8) is 0 Å². The van der Waals surface area contributed by atoms with Gasteiger partial charge in [-0.15, -0.1) is 0 Å². The standard InChI is InChI=1S/C15H20BrN3O3/c1-15(2,3)22-14(21)18-10-6-7-11(18)13(20)19(16)12-8-4-5-9-17-12/h4-5,8-9,11H,6-7,10H2,1-3H3. The summed E-state index contributed by atoms with van der Waals surface area (Å²) >= 11 is 3.24. The van der Waals surface area contributed by atoms with Gasteiger partial charge in [0.25, 0.3) is 5.91 Å². The molecule has 2 rings (SSSR count). The van der Waals surface area contributed by atoms with Crippen molar-refractivity contribution in [2.45, 2.75) is 45.3 Å². The van der Waals surface area contributed by atoms with Crippen LogP contribution in [0.5, 0.6) is 0 Å². The Bertz CT molecular complexity index is 545. The second kappa shape index (κ2) is 6.64. The fourth-order valence-corrected chi connectivity index (χ4v) is 2.72. The van der Waals surface area contributed by atoms with E-state index in [2.05, 4.69) is 21.1 Å². The third kappa shape index (κ3) is 3.97. The molecule has 0 radical (unpaired) electrons. The molecule has 0 spiro atoms. The maximum absolute atomic E-state index is 12.6. The summed E-state index contributed by atoms with van der Waals surface area (Å²) in [7, 11) is 0. The SMILES string of the molecule is CC(C)(C)OC(=O)N1CCCC1C(=O)N(Br)c1ccccn1. The van der Waals surface area contributed by atoms with Crippen LogP contribution < -0.4 is 3.93 Å². The Hall–Kier alpha value is -1.63. The van der Waals surface area contributed by atoms with Gasteiger partial charge in [-0.2, -0.15) is 0 Å². The van der Waals surface area contributed by atoms with Gasteiger partial charge in [0, 0.05) is 12.7 Å². The number of likely N-dealkylation sites (tertiary alicyclic amines) is 1. The Labute approximate surface area is 138 Å². The summed E-state index contributed by atoms with van der Waals surface area (Å²) in [5.74, 6) is 0.269. The molecule has 0 N–H and O–H groups in total. The van der Waals surface area contributed by atoms with E-state index in [1.807, 2.05) is 20.8 Å². The van der Waals surface area contributed by atoms with Gasteiger partial charge in [-0.05, 0) is 45.7 Å². The maximum atomic E-state index is 12.6. The highest BCUT2D eigenvalue weighted by Crippen LogP contribution is 2.25. The van der Waals surface area contributed by atoms with E-state index in [1.165, 1.54) is 8.83 Å². The van der Waals surface area contributed by atoms with Gasteiger partial charge in [0.2, 0.25) is 0 Å². The van der Waals surface area contributed by atoms with Crippen molar-refractivity contribution in [3.05, 3.63) is 24.4 Å². The maximum Gasteiger partial charge on any atom is 0.410 e. The Morgan fingerprint density at radius 1 is 1.41 bits per heavy atom. The Balaban J connectivity index is 2.10. The van der Waals surface area contributed by atoms with Crippen molar-refractivity contribution in [3.8, 4) is 0 Å². The highest BCUT2D eigenvalue weighted by Gasteiger charge is 2.38. The van der Waals surface area contributed by atoms with Crippen LogP contribution in [-0.2, 0) is 9.53 Å². The molecule has 0 aromatic carbocycles. The van der Waals surface area contributed by atoms with E-state index in [0.29, 0.717) is 18.8 Å². The first-order valence-electron chi connectivity index (χ1n) is 7.20. The lowest BCUT2D eigenvalue weighted by atomic mass is 10.2. The van der Waals surface area contributed by atoms with Crippen molar-refractivity contribution in [1.82, 2.24) is 9.88 Å². The van der Waals surface area contributed by atoms with E-state index in [4.69, 9.17) is 4.74 Å². The van der Waals surface area contributed by atoms with E-state index in [-0.39, 0.29) is 5.91 Å². The van der Waals surface area contributed by atoms with Gasteiger partial charge < -0.3 is 4.74 Å². The van der Waals surface area contributed by atoms with Gasteiger partial charge in [-0.25, -0.2) is 13.7 Å². The van der Waals surface area contributed by atoms with E-state index in [1.54, 1.807) is 24.4 Å². The highest BCUT2D eigenvalue weighted by atomic mass is 79.9. The average Bonchev–Trinajstić information content (AvgIpc) is 2.94. The summed E-state index contributed by atoms with van der Waals surface area (Å²) in [6.45, 7) is 5.95. The van der Waals surface area contributed by atoms with Crippen LogP contribution in [0.25, 0.3) is 0 Å². The lowest BCUT2D eigenvalue weighted by Gasteiger charge is -2.29. The van der Waals surface area contributed by atoms with Gasteiger partial charge in [0.15, 0.2) is 0 Å². The fourth-order valence-electron chi connectivity index (χ4n) is 2.28. The average molecular weight is 370 g/mol. The smallest absolute Gasteiger partial charge is 0.410 e. The number of anilines is 1. The van der Waals surface area contributed by atoms with Crippen LogP contribution in [0.15, 0.2) is 24.4 Å². The Morgan fingerprint density at radius 2 is 2.14 bits per heavy atom. The second-order valence-corrected chi connectivity index (χ2v) is 6.85. The number of halogens is 1. The van der Waals surface area contributed by atoms with Crippen molar-refractivity contribution >= 4 is 34.0 Å². The number of hydrogen-bond acceptors (Lipinski definition) is 4. The summed E-state index contributed by atoms with van der Waals surface area (Å²) in [5, 5.41) is 0. The summed E-state index contributed by atoms with van der Waals surface area (Å²) in [6.07, 6.45) is 2.55. The second-order valence-electron chi connectivity index (χ2n) is 6.14. The molecule has 1 aromatic heterocycles. The first-order chi connectivity index (χ1) is 10.3. The van der Waals surface area contributed by atoms with E-state index >= 15 is 0 Å². The van der Waals surface area contributed by atoms with Crippen LogP contribution in [0.1, 0.15) is 33.6 Å². The molecule has 1 aliphatic heterocycles. The first kappa shape index (κ1) is 16.7. The molecular weight excluding hydrogens is 350 g/mol. The number of pyridine rings is 1. The van der Waals surface area contributed by atoms with Crippen LogP contribution in [0.2, 0.25) is 0 Å². The van der Waals surface area contributed by atoms with Gasteiger partial charge in [-0.1, -0.05) is 6.07 Å². The molecule has 1 saturated heterocycles. The first-order valence-corrected chi connectivity index (χ1v) is 7.91. The number of carbonyl (C=O) groups excluding carboxylic acids is 2. The molecule has 1 aliphatic rings. The van der Waals surface area contributed by atoms with E-state index < -0.39 is 17.7 Å². The molecular formula is C15H20BrN3O3. The van der Waals surface area contributed by atoms with Gasteiger partial charge in [0.1, 0.15) is 17.5 Å².